The molecule has 0 fully saturated rings. The number of amides is 1. The number of para-hydroxylation sites is 1. The van der Waals surface area contributed by atoms with E-state index >= 15 is 0 Å². The number of nitrogens with zero attached hydrogens (tertiary/aromatic N) is 4. The van der Waals surface area contributed by atoms with E-state index in [1.54, 1.807) is 27.5 Å². The molecular weight excluding hydrogens is 424 g/mol. The molecule has 0 saturated heterocycles. The van der Waals surface area contributed by atoms with Crippen LogP contribution in [0.1, 0.15) is 49.2 Å². The fraction of sp³-hybridized carbons (Fsp3) is 0.333. The van der Waals surface area contributed by atoms with E-state index in [4.69, 9.17) is 4.74 Å². The molecule has 1 atom stereocenters. The predicted molar refractivity (Wildman–Crippen MR) is 124 cm³/mol. The van der Waals surface area contributed by atoms with Gasteiger partial charge in [-0.2, -0.15) is 5.10 Å². The highest BCUT2D eigenvalue weighted by atomic mass is 32.2. The molecule has 3 aromatic rings. The Bertz CT molecular complexity index is 1110. The van der Waals surface area contributed by atoms with E-state index in [0.29, 0.717) is 28.9 Å². The minimum Gasteiger partial charge on any atom is -0.452 e. The number of rotatable bonds is 5. The van der Waals surface area contributed by atoms with Crippen LogP contribution in [0.15, 0.2) is 59.8 Å². The van der Waals surface area contributed by atoms with Gasteiger partial charge in [0.25, 0.3) is 5.91 Å². The number of pyridine rings is 1. The SMILES string of the molecule is CC1CCN(C(=O)COC(=O)c2cnn(-c3ccccn3)c2C(C)C)c2ccccc2S1. The van der Waals surface area contributed by atoms with Gasteiger partial charge in [-0.25, -0.2) is 14.5 Å². The molecular formula is C24H26N4O3S. The Morgan fingerprint density at radius 3 is 2.72 bits per heavy atom. The summed E-state index contributed by atoms with van der Waals surface area (Å²) in [5.41, 5.74) is 1.92. The number of hydrogen-bond donors (Lipinski definition) is 0. The lowest BCUT2D eigenvalue weighted by molar-refractivity contribution is -0.121. The summed E-state index contributed by atoms with van der Waals surface area (Å²) >= 11 is 1.76. The number of fused-ring (bicyclic) bond motifs is 1. The first kappa shape index (κ1) is 22.1. The number of carbonyl (C=O) groups excluding carboxylic acids is 2. The Hall–Kier alpha value is -3.13. The largest absolute Gasteiger partial charge is 0.452 e. The Balaban J connectivity index is 1.51. The van der Waals surface area contributed by atoms with Crippen molar-refractivity contribution in [2.75, 3.05) is 18.1 Å². The van der Waals surface area contributed by atoms with E-state index in [1.807, 2.05) is 56.3 Å². The molecule has 4 rings (SSSR count). The van der Waals surface area contributed by atoms with Gasteiger partial charge < -0.3 is 9.64 Å². The summed E-state index contributed by atoms with van der Waals surface area (Å²) in [5, 5.41) is 4.76. The third kappa shape index (κ3) is 4.55. The second-order valence-electron chi connectivity index (χ2n) is 8.00. The molecule has 8 heteroatoms. The van der Waals surface area contributed by atoms with Crippen molar-refractivity contribution in [1.29, 1.82) is 0 Å². The van der Waals surface area contributed by atoms with Crippen LogP contribution in [0.3, 0.4) is 0 Å². The first-order chi connectivity index (χ1) is 15.5. The fourth-order valence-corrected chi connectivity index (χ4v) is 4.87. The zero-order valence-electron chi connectivity index (χ0n) is 18.4. The summed E-state index contributed by atoms with van der Waals surface area (Å²) < 4.78 is 7.10. The van der Waals surface area contributed by atoms with Crippen molar-refractivity contribution in [3.63, 3.8) is 0 Å². The normalized spacial score (nSPS) is 15.9. The molecule has 1 amide bonds. The number of thioether (sulfide) groups is 1. The quantitative estimate of drug-likeness (QED) is 0.534. The maximum Gasteiger partial charge on any atom is 0.342 e. The first-order valence-corrected chi connectivity index (χ1v) is 11.6. The number of anilines is 1. The van der Waals surface area contributed by atoms with E-state index in [-0.39, 0.29) is 18.4 Å². The van der Waals surface area contributed by atoms with Crippen LogP contribution >= 0.6 is 11.8 Å². The molecule has 32 heavy (non-hydrogen) atoms. The van der Waals surface area contributed by atoms with Crippen molar-refractivity contribution in [1.82, 2.24) is 14.8 Å². The van der Waals surface area contributed by atoms with E-state index in [0.717, 1.165) is 17.0 Å². The average Bonchev–Trinajstić information content (AvgIpc) is 3.17. The smallest absolute Gasteiger partial charge is 0.342 e. The molecule has 0 saturated carbocycles. The Labute approximate surface area is 191 Å². The lowest BCUT2D eigenvalue weighted by Crippen LogP contribution is -2.35. The van der Waals surface area contributed by atoms with Crippen molar-refractivity contribution < 1.29 is 14.3 Å². The second-order valence-corrected chi connectivity index (χ2v) is 9.48. The van der Waals surface area contributed by atoms with Crippen molar-refractivity contribution in [3.05, 3.63) is 66.1 Å². The summed E-state index contributed by atoms with van der Waals surface area (Å²) in [6.45, 7) is 6.38. The summed E-state index contributed by atoms with van der Waals surface area (Å²) in [6, 6.07) is 13.4. The van der Waals surface area contributed by atoms with Gasteiger partial charge in [0.2, 0.25) is 0 Å². The van der Waals surface area contributed by atoms with Gasteiger partial charge >= 0.3 is 5.97 Å². The van der Waals surface area contributed by atoms with Crippen LogP contribution in [-0.2, 0) is 9.53 Å². The number of hydrogen-bond acceptors (Lipinski definition) is 6. The molecule has 7 nitrogen and oxygen atoms in total. The number of benzene rings is 1. The summed E-state index contributed by atoms with van der Waals surface area (Å²) in [7, 11) is 0. The van der Waals surface area contributed by atoms with Gasteiger partial charge in [-0.3, -0.25) is 4.79 Å². The van der Waals surface area contributed by atoms with Gasteiger partial charge in [0, 0.05) is 22.9 Å². The molecule has 1 aromatic carbocycles. The monoisotopic (exact) mass is 450 g/mol. The molecule has 3 heterocycles. The maximum atomic E-state index is 13.0. The van der Waals surface area contributed by atoms with Gasteiger partial charge in [0.05, 0.1) is 17.6 Å². The molecule has 0 radical (unpaired) electrons. The predicted octanol–water partition coefficient (Wildman–Crippen LogP) is 4.47. The molecule has 2 aromatic heterocycles. The number of ether oxygens (including phenoxy) is 1. The molecule has 1 aliphatic heterocycles. The molecule has 1 unspecified atom stereocenters. The Morgan fingerprint density at radius 1 is 1.19 bits per heavy atom. The van der Waals surface area contributed by atoms with Crippen molar-refractivity contribution >= 4 is 29.3 Å². The molecule has 0 aliphatic carbocycles. The lowest BCUT2D eigenvalue weighted by Gasteiger charge is -2.22. The molecule has 0 bridgehead atoms. The molecule has 1 aliphatic rings. The van der Waals surface area contributed by atoms with Crippen LogP contribution in [-0.4, -0.2) is 45.0 Å². The number of aromatic nitrogens is 3. The maximum absolute atomic E-state index is 13.0. The van der Waals surface area contributed by atoms with Crippen LogP contribution in [0.2, 0.25) is 0 Å². The molecule has 166 valence electrons. The van der Waals surface area contributed by atoms with Crippen molar-refractivity contribution in [2.24, 2.45) is 0 Å². The highest BCUT2D eigenvalue weighted by molar-refractivity contribution is 8.00. The van der Waals surface area contributed by atoms with E-state index in [2.05, 4.69) is 17.0 Å². The highest BCUT2D eigenvalue weighted by Crippen LogP contribution is 2.37. The van der Waals surface area contributed by atoms with Crippen molar-refractivity contribution in [2.45, 2.75) is 43.3 Å². The first-order valence-electron chi connectivity index (χ1n) is 10.7. The highest BCUT2D eigenvalue weighted by Gasteiger charge is 2.27. The number of esters is 1. The van der Waals surface area contributed by atoms with Crippen LogP contribution < -0.4 is 4.90 Å². The van der Waals surface area contributed by atoms with Crippen LogP contribution in [0.5, 0.6) is 0 Å². The summed E-state index contributed by atoms with van der Waals surface area (Å²) in [6.07, 6.45) is 4.03. The molecule has 0 N–H and O–H groups in total. The van der Waals surface area contributed by atoms with Crippen LogP contribution in [0, 0.1) is 0 Å². The second kappa shape index (κ2) is 9.56. The summed E-state index contributed by atoms with van der Waals surface area (Å²) in [4.78, 5) is 33.0. The zero-order chi connectivity index (χ0) is 22.7. The summed E-state index contributed by atoms with van der Waals surface area (Å²) in [5.74, 6) is -0.160. The topological polar surface area (TPSA) is 77.3 Å². The number of carbonyl (C=O) groups is 2. The molecule has 0 spiro atoms. The van der Waals surface area contributed by atoms with Crippen molar-refractivity contribution in [3.8, 4) is 5.82 Å². The van der Waals surface area contributed by atoms with E-state index in [1.165, 1.54) is 6.20 Å². The minimum atomic E-state index is -0.560. The van der Waals surface area contributed by atoms with Gasteiger partial charge in [0.15, 0.2) is 12.4 Å². The minimum absolute atomic E-state index is 0.00811. The Kier molecular flexibility index (Phi) is 6.60. The average molecular weight is 451 g/mol. The third-order valence-electron chi connectivity index (χ3n) is 5.31. The Morgan fingerprint density at radius 2 is 1.97 bits per heavy atom. The standard InChI is InChI=1S/C24H26N4O3S/c1-16(2)23-18(14-26-28(23)21-10-6-7-12-25-21)24(30)31-15-22(29)27-13-11-17(3)32-20-9-5-4-8-19(20)27/h4-10,12,14,16-17H,11,13,15H2,1-3H3. The fourth-order valence-electron chi connectivity index (χ4n) is 3.76. The van der Waals surface area contributed by atoms with Gasteiger partial charge in [-0.05, 0) is 36.6 Å². The third-order valence-corrected chi connectivity index (χ3v) is 6.55. The lowest BCUT2D eigenvalue weighted by atomic mass is 10.1. The van der Waals surface area contributed by atoms with Gasteiger partial charge in [-0.15, -0.1) is 11.8 Å². The van der Waals surface area contributed by atoms with Gasteiger partial charge in [-0.1, -0.05) is 39.0 Å². The van der Waals surface area contributed by atoms with Gasteiger partial charge in [0.1, 0.15) is 5.56 Å². The zero-order valence-corrected chi connectivity index (χ0v) is 19.2. The van der Waals surface area contributed by atoms with E-state index < -0.39 is 5.97 Å². The van der Waals surface area contributed by atoms with Crippen LogP contribution in [0.4, 0.5) is 5.69 Å². The van der Waals surface area contributed by atoms with Crippen LogP contribution in [0.25, 0.3) is 5.82 Å². The van der Waals surface area contributed by atoms with E-state index in [9.17, 15) is 9.59 Å².